The van der Waals surface area contributed by atoms with E-state index in [9.17, 15) is 9.59 Å². The number of para-hydroxylation sites is 1. The van der Waals surface area contributed by atoms with E-state index < -0.39 is 0 Å². The molecule has 0 saturated carbocycles. The molecule has 2 heterocycles. The van der Waals surface area contributed by atoms with Crippen LogP contribution < -0.4 is 5.32 Å². The lowest BCUT2D eigenvalue weighted by atomic mass is 10.0. The fraction of sp³-hybridized carbons (Fsp3) is 0.421. The summed E-state index contributed by atoms with van der Waals surface area (Å²) in [6.07, 6.45) is 0.922. The Morgan fingerprint density at radius 2 is 2.04 bits per heavy atom. The Morgan fingerprint density at radius 1 is 1.29 bits per heavy atom. The lowest BCUT2D eigenvalue weighted by Gasteiger charge is -2.20. The van der Waals surface area contributed by atoms with Crippen LogP contribution in [0.25, 0.3) is 10.9 Å². The van der Waals surface area contributed by atoms with Crippen molar-refractivity contribution >= 4 is 22.7 Å². The van der Waals surface area contributed by atoms with Crippen LogP contribution in [0.2, 0.25) is 0 Å². The highest BCUT2D eigenvalue weighted by molar-refractivity contribution is 6.01. The number of hydrogen-bond donors (Lipinski definition) is 1. The summed E-state index contributed by atoms with van der Waals surface area (Å²) in [5.41, 5.74) is 3.41. The zero-order valence-corrected chi connectivity index (χ0v) is 14.4. The molecule has 1 aromatic carbocycles. The van der Waals surface area contributed by atoms with E-state index in [-0.39, 0.29) is 11.8 Å². The third kappa shape index (κ3) is 3.11. The zero-order chi connectivity index (χ0) is 17.3. The van der Waals surface area contributed by atoms with E-state index >= 15 is 0 Å². The van der Waals surface area contributed by atoms with Crippen LogP contribution in [-0.2, 0) is 4.79 Å². The highest BCUT2D eigenvalue weighted by Crippen LogP contribution is 2.26. The van der Waals surface area contributed by atoms with E-state index in [2.05, 4.69) is 10.3 Å². The molecule has 1 fully saturated rings. The Hall–Kier alpha value is -2.43. The molecule has 0 bridgehead atoms. The van der Waals surface area contributed by atoms with E-state index in [0.717, 1.165) is 35.1 Å². The van der Waals surface area contributed by atoms with E-state index in [1.165, 1.54) is 6.92 Å². The van der Waals surface area contributed by atoms with E-state index in [4.69, 9.17) is 0 Å². The highest BCUT2D eigenvalue weighted by atomic mass is 16.2. The average Bonchev–Trinajstić information content (AvgIpc) is 3.02. The number of rotatable bonds is 3. The quantitative estimate of drug-likeness (QED) is 0.943. The molecule has 1 N–H and O–H groups in total. The van der Waals surface area contributed by atoms with Crippen LogP contribution in [0.5, 0.6) is 0 Å². The summed E-state index contributed by atoms with van der Waals surface area (Å²) >= 11 is 0. The Kier molecular flexibility index (Phi) is 4.51. The number of benzene rings is 1. The van der Waals surface area contributed by atoms with Crippen LogP contribution in [0.15, 0.2) is 24.3 Å². The Balaban J connectivity index is 1.83. The molecular weight excluding hydrogens is 302 g/mol. The Labute approximate surface area is 142 Å². The first-order valence-electron chi connectivity index (χ1n) is 8.37. The first-order chi connectivity index (χ1) is 11.5. The Bertz CT molecular complexity index is 801. The predicted octanol–water partition coefficient (Wildman–Crippen LogP) is 2.45. The second-order valence-corrected chi connectivity index (χ2v) is 6.56. The maximum atomic E-state index is 13.0. The predicted molar refractivity (Wildman–Crippen MR) is 93.9 cm³/mol. The minimum Gasteiger partial charge on any atom is -0.356 e. The second-order valence-electron chi connectivity index (χ2n) is 6.56. The number of aromatic nitrogens is 1. The van der Waals surface area contributed by atoms with Gasteiger partial charge in [-0.25, -0.2) is 0 Å². The molecule has 1 saturated heterocycles. The number of likely N-dealkylation sites (tertiary alicyclic amines) is 1. The van der Waals surface area contributed by atoms with Crippen molar-refractivity contribution in [1.82, 2.24) is 15.2 Å². The lowest BCUT2D eigenvalue weighted by molar-refractivity contribution is -0.119. The number of carbonyl (C=O) groups is 2. The first-order valence-corrected chi connectivity index (χ1v) is 8.37. The standard InChI is InChI=1S/C19H23N3O2/c1-12-16-6-4-5-7-17(16)21-13(2)18(12)19(24)22-9-8-15(11-22)10-20-14(3)23/h4-7,15H,8-11H2,1-3H3,(H,20,23). The summed E-state index contributed by atoms with van der Waals surface area (Å²) in [6, 6.07) is 7.92. The number of aryl methyl sites for hydroxylation is 2. The van der Waals surface area contributed by atoms with Gasteiger partial charge >= 0.3 is 0 Å². The van der Waals surface area contributed by atoms with Crippen molar-refractivity contribution in [2.45, 2.75) is 27.2 Å². The molecule has 0 aliphatic carbocycles. The normalized spacial score (nSPS) is 17.3. The Morgan fingerprint density at radius 3 is 2.79 bits per heavy atom. The summed E-state index contributed by atoms with van der Waals surface area (Å²) in [6.45, 7) is 7.46. The molecule has 2 aromatic rings. The molecule has 0 spiro atoms. The second kappa shape index (κ2) is 6.59. The molecular formula is C19H23N3O2. The van der Waals surface area contributed by atoms with Gasteiger partial charge in [0.05, 0.1) is 16.8 Å². The topological polar surface area (TPSA) is 62.3 Å². The molecule has 5 heteroatoms. The van der Waals surface area contributed by atoms with Crippen LogP contribution in [0.3, 0.4) is 0 Å². The molecule has 5 nitrogen and oxygen atoms in total. The van der Waals surface area contributed by atoms with Gasteiger partial charge in [-0.1, -0.05) is 18.2 Å². The molecule has 1 aliphatic heterocycles. The largest absolute Gasteiger partial charge is 0.356 e. The fourth-order valence-electron chi connectivity index (χ4n) is 3.48. The summed E-state index contributed by atoms with van der Waals surface area (Å²) in [5, 5.41) is 3.87. The molecule has 1 unspecified atom stereocenters. The lowest BCUT2D eigenvalue weighted by Crippen LogP contribution is -2.33. The molecule has 1 aromatic heterocycles. The maximum absolute atomic E-state index is 13.0. The molecule has 1 atom stereocenters. The molecule has 1 aliphatic rings. The van der Waals surface area contributed by atoms with Crippen LogP contribution in [0.4, 0.5) is 0 Å². The smallest absolute Gasteiger partial charge is 0.255 e. The van der Waals surface area contributed by atoms with Gasteiger partial charge in [-0.05, 0) is 37.8 Å². The van der Waals surface area contributed by atoms with Gasteiger partial charge in [-0.15, -0.1) is 0 Å². The van der Waals surface area contributed by atoms with Crippen molar-refractivity contribution < 1.29 is 9.59 Å². The monoisotopic (exact) mass is 325 g/mol. The van der Waals surface area contributed by atoms with Gasteiger partial charge in [-0.2, -0.15) is 0 Å². The first kappa shape index (κ1) is 16.4. The summed E-state index contributed by atoms with van der Waals surface area (Å²) < 4.78 is 0. The minimum absolute atomic E-state index is 0.0230. The number of amides is 2. The molecule has 3 rings (SSSR count). The van der Waals surface area contributed by atoms with Gasteiger partial charge in [0.2, 0.25) is 5.91 Å². The van der Waals surface area contributed by atoms with Gasteiger partial charge < -0.3 is 10.2 Å². The third-order valence-electron chi connectivity index (χ3n) is 4.76. The minimum atomic E-state index is -0.0230. The molecule has 2 amide bonds. The summed E-state index contributed by atoms with van der Waals surface area (Å²) in [7, 11) is 0. The molecule has 126 valence electrons. The van der Waals surface area contributed by atoms with Crippen LogP contribution in [0.1, 0.15) is 35.0 Å². The summed E-state index contributed by atoms with van der Waals surface area (Å²) in [5.74, 6) is 0.352. The number of pyridine rings is 1. The van der Waals surface area contributed by atoms with Crippen molar-refractivity contribution in [3.8, 4) is 0 Å². The van der Waals surface area contributed by atoms with Gasteiger partial charge in [0, 0.05) is 31.9 Å². The van der Waals surface area contributed by atoms with Crippen LogP contribution in [-0.4, -0.2) is 41.3 Å². The van der Waals surface area contributed by atoms with E-state index in [0.29, 0.717) is 24.6 Å². The SMILES string of the molecule is CC(=O)NCC1CCN(C(=O)c2c(C)nc3ccccc3c2C)C1. The van der Waals surface area contributed by atoms with E-state index in [1.807, 2.05) is 43.0 Å². The van der Waals surface area contributed by atoms with Crippen molar-refractivity contribution in [3.05, 3.63) is 41.1 Å². The van der Waals surface area contributed by atoms with Crippen LogP contribution in [0, 0.1) is 19.8 Å². The van der Waals surface area contributed by atoms with Crippen LogP contribution >= 0.6 is 0 Å². The maximum Gasteiger partial charge on any atom is 0.255 e. The number of fused-ring (bicyclic) bond motifs is 1. The zero-order valence-electron chi connectivity index (χ0n) is 14.4. The van der Waals surface area contributed by atoms with Gasteiger partial charge in [-0.3, -0.25) is 14.6 Å². The number of nitrogens with one attached hydrogen (secondary N) is 1. The van der Waals surface area contributed by atoms with Gasteiger partial charge in [0.15, 0.2) is 0 Å². The number of nitrogens with zero attached hydrogens (tertiary/aromatic N) is 2. The average molecular weight is 325 g/mol. The number of hydrogen-bond acceptors (Lipinski definition) is 3. The number of carbonyl (C=O) groups excluding carboxylic acids is 2. The van der Waals surface area contributed by atoms with Crippen molar-refractivity contribution in [1.29, 1.82) is 0 Å². The molecule has 24 heavy (non-hydrogen) atoms. The van der Waals surface area contributed by atoms with Crippen molar-refractivity contribution in [2.24, 2.45) is 5.92 Å². The van der Waals surface area contributed by atoms with Gasteiger partial charge in [0.25, 0.3) is 5.91 Å². The highest BCUT2D eigenvalue weighted by Gasteiger charge is 2.29. The molecule has 0 radical (unpaired) electrons. The van der Waals surface area contributed by atoms with Crippen molar-refractivity contribution in [3.63, 3.8) is 0 Å². The van der Waals surface area contributed by atoms with Crippen molar-refractivity contribution in [2.75, 3.05) is 19.6 Å². The summed E-state index contributed by atoms with van der Waals surface area (Å²) in [4.78, 5) is 30.6. The fourth-order valence-corrected chi connectivity index (χ4v) is 3.48. The van der Waals surface area contributed by atoms with Gasteiger partial charge in [0.1, 0.15) is 0 Å². The van der Waals surface area contributed by atoms with E-state index in [1.54, 1.807) is 0 Å². The third-order valence-corrected chi connectivity index (χ3v) is 4.76.